The van der Waals surface area contributed by atoms with E-state index in [-0.39, 0.29) is 0 Å². The lowest BCUT2D eigenvalue weighted by Gasteiger charge is -2.05. The molecule has 0 amide bonds. The van der Waals surface area contributed by atoms with Gasteiger partial charge in [-0.25, -0.2) is 0 Å². The van der Waals surface area contributed by atoms with Crippen molar-refractivity contribution >= 4 is 28.1 Å². The first-order valence-electron chi connectivity index (χ1n) is 5.10. The summed E-state index contributed by atoms with van der Waals surface area (Å²) in [4.78, 5) is 0.722. The lowest BCUT2D eigenvalue weighted by Crippen LogP contribution is -2.02. The minimum Gasteiger partial charge on any atom is -0.398 e. The lowest BCUT2D eigenvalue weighted by molar-refractivity contribution is 0.676. The van der Waals surface area contributed by atoms with Crippen molar-refractivity contribution in [2.45, 2.75) is 24.2 Å². The van der Waals surface area contributed by atoms with E-state index in [0.29, 0.717) is 10.7 Å². The molecule has 1 aromatic rings. The molecule has 4 heteroatoms. The van der Waals surface area contributed by atoms with Crippen LogP contribution in [0.15, 0.2) is 23.1 Å². The summed E-state index contributed by atoms with van der Waals surface area (Å²) in [6.07, 6.45) is 3.65. The molecule has 0 spiro atoms. The number of halogens is 1. The topological polar surface area (TPSA) is 43.1 Å². The fourth-order valence-electron chi connectivity index (χ4n) is 1.52. The molecule has 0 bridgehead atoms. The molecule has 1 unspecified atom stereocenters. The van der Waals surface area contributed by atoms with E-state index in [1.807, 2.05) is 0 Å². The van der Waals surface area contributed by atoms with Crippen molar-refractivity contribution in [1.29, 1.82) is 0 Å². The predicted molar refractivity (Wildman–Crippen MR) is 64.5 cm³/mol. The molecule has 0 aromatic heterocycles. The van der Waals surface area contributed by atoms with Crippen LogP contribution < -0.4 is 5.73 Å². The molecule has 82 valence electrons. The third-order valence-electron chi connectivity index (χ3n) is 2.63. The van der Waals surface area contributed by atoms with Gasteiger partial charge in [-0.05, 0) is 30.5 Å². The first-order valence-corrected chi connectivity index (χ1v) is 6.80. The second kappa shape index (κ2) is 4.54. The molecule has 2 nitrogen and oxygen atoms in total. The number of anilines is 1. The SMILES string of the molecule is Nc1cc(Cl)ccc1S(=O)CCC1CC1. The van der Waals surface area contributed by atoms with Gasteiger partial charge < -0.3 is 5.73 Å². The van der Waals surface area contributed by atoms with E-state index in [1.165, 1.54) is 12.8 Å². The molecule has 0 saturated heterocycles. The highest BCUT2D eigenvalue weighted by Gasteiger charge is 2.22. The van der Waals surface area contributed by atoms with Crippen LogP contribution in [0.3, 0.4) is 0 Å². The number of rotatable bonds is 4. The van der Waals surface area contributed by atoms with Crippen molar-refractivity contribution in [3.8, 4) is 0 Å². The van der Waals surface area contributed by atoms with Crippen molar-refractivity contribution < 1.29 is 4.21 Å². The van der Waals surface area contributed by atoms with Gasteiger partial charge in [-0.1, -0.05) is 24.4 Å². The maximum absolute atomic E-state index is 11.9. The maximum Gasteiger partial charge on any atom is 0.0618 e. The third kappa shape index (κ3) is 2.95. The number of benzene rings is 1. The molecule has 2 N–H and O–H groups in total. The molecule has 0 aliphatic heterocycles. The zero-order valence-corrected chi connectivity index (χ0v) is 9.98. The molecule has 2 rings (SSSR count). The average molecular weight is 244 g/mol. The number of hydrogen-bond acceptors (Lipinski definition) is 2. The van der Waals surface area contributed by atoms with E-state index in [9.17, 15) is 4.21 Å². The van der Waals surface area contributed by atoms with Crippen LogP contribution in [-0.2, 0) is 10.8 Å². The maximum atomic E-state index is 11.9. The van der Waals surface area contributed by atoms with Gasteiger partial charge in [0.2, 0.25) is 0 Å². The zero-order chi connectivity index (χ0) is 10.8. The largest absolute Gasteiger partial charge is 0.398 e. The molecular weight excluding hydrogens is 230 g/mol. The van der Waals surface area contributed by atoms with Crippen molar-refractivity contribution in [3.05, 3.63) is 23.2 Å². The van der Waals surface area contributed by atoms with Crippen molar-refractivity contribution in [2.75, 3.05) is 11.5 Å². The van der Waals surface area contributed by atoms with E-state index in [1.54, 1.807) is 18.2 Å². The predicted octanol–water partition coefficient (Wildman–Crippen LogP) is 2.83. The molecule has 15 heavy (non-hydrogen) atoms. The van der Waals surface area contributed by atoms with E-state index >= 15 is 0 Å². The molecule has 0 radical (unpaired) electrons. The minimum atomic E-state index is -0.967. The summed E-state index contributed by atoms with van der Waals surface area (Å²) in [5.74, 6) is 1.53. The van der Waals surface area contributed by atoms with Crippen LogP contribution in [0, 0.1) is 5.92 Å². The fraction of sp³-hybridized carbons (Fsp3) is 0.455. The summed E-state index contributed by atoms with van der Waals surface area (Å²) in [5, 5.41) is 0.593. The Hall–Kier alpha value is -0.540. The van der Waals surface area contributed by atoms with Gasteiger partial charge in [0.1, 0.15) is 0 Å². The van der Waals surface area contributed by atoms with Gasteiger partial charge in [0.05, 0.1) is 15.7 Å². The Bertz CT molecular complexity index is 390. The smallest absolute Gasteiger partial charge is 0.0618 e. The fourth-order valence-corrected chi connectivity index (χ4v) is 3.01. The second-order valence-corrected chi connectivity index (χ2v) is 5.94. The average Bonchev–Trinajstić information content (AvgIpc) is 2.97. The summed E-state index contributed by atoms with van der Waals surface area (Å²) >= 11 is 5.78. The molecule has 0 heterocycles. The van der Waals surface area contributed by atoms with Crippen LogP contribution in [0.5, 0.6) is 0 Å². The summed E-state index contributed by atoms with van der Waals surface area (Å²) in [5.41, 5.74) is 6.31. The van der Waals surface area contributed by atoms with Gasteiger partial charge in [-0.3, -0.25) is 4.21 Å². The molecule has 1 saturated carbocycles. The van der Waals surface area contributed by atoms with E-state index in [4.69, 9.17) is 17.3 Å². The zero-order valence-electron chi connectivity index (χ0n) is 8.41. The van der Waals surface area contributed by atoms with E-state index in [0.717, 1.165) is 23.0 Å². The summed E-state index contributed by atoms with van der Waals surface area (Å²) in [7, 11) is -0.967. The highest BCUT2D eigenvalue weighted by atomic mass is 35.5. The van der Waals surface area contributed by atoms with Crippen molar-refractivity contribution in [3.63, 3.8) is 0 Å². The quantitative estimate of drug-likeness (QED) is 0.827. The second-order valence-electron chi connectivity index (χ2n) is 3.96. The molecule has 1 aliphatic rings. The highest BCUT2D eigenvalue weighted by molar-refractivity contribution is 7.85. The standard InChI is InChI=1S/C11H14ClNOS/c12-9-3-4-11(10(13)7-9)15(14)6-5-8-1-2-8/h3-4,7-8H,1-2,5-6,13H2. The molecule has 1 aliphatic carbocycles. The first kappa shape index (κ1) is 11.0. The first-order chi connectivity index (χ1) is 7.16. The van der Waals surface area contributed by atoms with Gasteiger partial charge in [0.15, 0.2) is 0 Å². The number of hydrogen-bond donors (Lipinski definition) is 1. The van der Waals surface area contributed by atoms with Crippen LogP contribution in [-0.4, -0.2) is 9.96 Å². The Balaban J connectivity index is 2.03. The van der Waals surface area contributed by atoms with E-state index in [2.05, 4.69) is 0 Å². The van der Waals surface area contributed by atoms with Crippen LogP contribution in [0.25, 0.3) is 0 Å². The van der Waals surface area contributed by atoms with Gasteiger partial charge in [-0.2, -0.15) is 0 Å². The molecular formula is C11H14ClNOS. The van der Waals surface area contributed by atoms with Crippen LogP contribution in [0.1, 0.15) is 19.3 Å². The van der Waals surface area contributed by atoms with Crippen LogP contribution in [0.4, 0.5) is 5.69 Å². The van der Waals surface area contributed by atoms with Gasteiger partial charge in [0, 0.05) is 16.5 Å². The number of nitrogens with two attached hydrogens (primary N) is 1. The summed E-state index contributed by atoms with van der Waals surface area (Å²) in [6, 6.07) is 5.16. The van der Waals surface area contributed by atoms with Gasteiger partial charge in [-0.15, -0.1) is 0 Å². The lowest BCUT2D eigenvalue weighted by atomic mass is 10.3. The summed E-state index contributed by atoms with van der Waals surface area (Å²) in [6.45, 7) is 0. The van der Waals surface area contributed by atoms with Crippen LogP contribution in [0.2, 0.25) is 5.02 Å². The molecule has 1 fully saturated rings. The normalized spacial score (nSPS) is 17.7. The third-order valence-corrected chi connectivity index (χ3v) is 4.33. The highest BCUT2D eigenvalue weighted by Crippen LogP contribution is 2.33. The van der Waals surface area contributed by atoms with Crippen molar-refractivity contribution in [1.82, 2.24) is 0 Å². The summed E-state index contributed by atoms with van der Waals surface area (Å²) < 4.78 is 11.9. The Morgan fingerprint density at radius 1 is 1.47 bits per heavy atom. The Morgan fingerprint density at radius 2 is 2.20 bits per heavy atom. The van der Waals surface area contributed by atoms with Crippen molar-refractivity contribution in [2.24, 2.45) is 5.92 Å². The monoisotopic (exact) mass is 243 g/mol. The molecule has 1 atom stereocenters. The molecule has 1 aromatic carbocycles. The van der Waals surface area contributed by atoms with Gasteiger partial charge >= 0.3 is 0 Å². The van der Waals surface area contributed by atoms with E-state index < -0.39 is 10.8 Å². The van der Waals surface area contributed by atoms with Crippen LogP contribution >= 0.6 is 11.6 Å². The Kier molecular flexibility index (Phi) is 3.32. The van der Waals surface area contributed by atoms with Gasteiger partial charge in [0.25, 0.3) is 0 Å². The minimum absolute atomic E-state index is 0.539. The Labute approximate surface area is 97.3 Å². The number of nitrogen functional groups attached to an aromatic ring is 1. The Morgan fingerprint density at radius 3 is 2.80 bits per heavy atom.